The number of hydrogen-bond donors (Lipinski definition) is 1. The molecule has 0 amide bonds. The molecule has 0 saturated carbocycles. The van der Waals surface area contributed by atoms with Gasteiger partial charge in [-0.25, -0.2) is 13.8 Å². The first-order chi connectivity index (χ1) is 11.8. The van der Waals surface area contributed by atoms with E-state index in [1.807, 2.05) is 4.57 Å². The van der Waals surface area contributed by atoms with E-state index >= 15 is 0 Å². The van der Waals surface area contributed by atoms with E-state index in [9.17, 15) is 13.3 Å². The van der Waals surface area contributed by atoms with Crippen molar-refractivity contribution in [2.24, 2.45) is 5.41 Å². The molecule has 146 valence electrons. The third kappa shape index (κ3) is 5.18. The Hall–Kier alpha value is -0.700. The number of fused-ring (bicyclic) bond motifs is 1. The van der Waals surface area contributed by atoms with E-state index in [2.05, 4.69) is 46.4 Å². The summed E-state index contributed by atoms with van der Waals surface area (Å²) in [5, 5.41) is 0.640. The van der Waals surface area contributed by atoms with E-state index in [4.69, 9.17) is 0 Å². The van der Waals surface area contributed by atoms with Crippen LogP contribution < -0.4 is 4.72 Å². The second kappa shape index (κ2) is 7.73. The molecule has 2 aromatic heterocycles. The van der Waals surface area contributed by atoms with Gasteiger partial charge in [-0.15, -0.1) is 4.72 Å². The summed E-state index contributed by atoms with van der Waals surface area (Å²) >= 11 is 1.74. The number of nitrogens with one attached hydrogen (secondary N) is 1. The van der Waals surface area contributed by atoms with Crippen molar-refractivity contribution < 1.29 is 13.3 Å². The Balaban J connectivity index is 2.55. The molecular weight excluding hydrogens is 424 g/mol. The van der Waals surface area contributed by atoms with Crippen LogP contribution in [0.2, 0.25) is 0 Å². The monoisotopic (exact) mass is 449 g/mol. The van der Waals surface area contributed by atoms with Crippen LogP contribution in [0.3, 0.4) is 0 Å². The Morgan fingerprint density at radius 1 is 1.23 bits per heavy atom. The van der Waals surface area contributed by atoms with E-state index < -0.39 is 28.6 Å². The Morgan fingerprint density at radius 3 is 2.35 bits per heavy atom. The Kier molecular flexibility index (Phi) is 6.42. The molecule has 0 spiro atoms. The van der Waals surface area contributed by atoms with Gasteiger partial charge in [0, 0.05) is 35.1 Å². The molecule has 0 fully saturated rings. The number of rotatable bonds is 5. The summed E-state index contributed by atoms with van der Waals surface area (Å²) in [6, 6.07) is 2.18. The Labute approximate surface area is 165 Å². The van der Waals surface area contributed by atoms with Gasteiger partial charge >= 0.3 is 0 Å². The number of alkyl halides is 2. The third-order valence-electron chi connectivity index (χ3n) is 3.74. The number of aromatic nitrogens is 2. The summed E-state index contributed by atoms with van der Waals surface area (Å²) in [7, 11) is 0. The smallest absolute Gasteiger partial charge is 0.262 e. The predicted octanol–water partition coefficient (Wildman–Crippen LogP) is 5.20. The number of halogens is 3. The molecule has 1 N–H and O–H groups in total. The molecular formula is C18H26BrF2N3OS. The summed E-state index contributed by atoms with van der Waals surface area (Å²) in [6.07, 6.45) is -0.988. The summed E-state index contributed by atoms with van der Waals surface area (Å²) in [5.41, 5.74) is 1.00. The highest BCUT2D eigenvalue weighted by atomic mass is 79.9. The molecule has 0 saturated heterocycles. The van der Waals surface area contributed by atoms with E-state index in [1.54, 1.807) is 39.1 Å². The van der Waals surface area contributed by atoms with Gasteiger partial charge in [-0.1, -0.05) is 20.8 Å². The molecule has 2 atom stereocenters. The highest BCUT2D eigenvalue weighted by Crippen LogP contribution is 2.33. The summed E-state index contributed by atoms with van der Waals surface area (Å²) < 4.78 is 44.6. The van der Waals surface area contributed by atoms with Gasteiger partial charge in [0.15, 0.2) is 0 Å². The molecule has 2 aromatic rings. The fourth-order valence-corrected chi connectivity index (χ4v) is 3.70. The molecule has 1 unspecified atom stereocenters. The third-order valence-corrected chi connectivity index (χ3v) is 5.76. The molecule has 4 nitrogen and oxygen atoms in total. The molecule has 0 bridgehead atoms. The van der Waals surface area contributed by atoms with Crippen molar-refractivity contribution in [3.8, 4) is 0 Å². The number of nitrogens with zero attached hydrogens (tertiary/aromatic N) is 2. The van der Waals surface area contributed by atoms with Crippen LogP contribution in [-0.4, -0.2) is 25.3 Å². The molecule has 8 heteroatoms. The van der Waals surface area contributed by atoms with Crippen molar-refractivity contribution in [3.05, 3.63) is 28.5 Å². The fourth-order valence-electron chi connectivity index (χ4n) is 2.59. The lowest BCUT2D eigenvalue weighted by molar-refractivity contribution is 0.109. The molecule has 2 rings (SSSR count). The minimum absolute atomic E-state index is 0.0464. The van der Waals surface area contributed by atoms with Crippen LogP contribution in [0.5, 0.6) is 0 Å². The molecule has 0 aliphatic carbocycles. The van der Waals surface area contributed by atoms with Gasteiger partial charge in [-0.3, -0.25) is 0 Å². The van der Waals surface area contributed by atoms with Crippen LogP contribution in [0.4, 0.5) is 8.78 Å². The maximum Gasteiger partial charge on any atom is 0.262 e. The summed E-state index contributed by atoms with van der Waals surface area (Å²) in [5.74, 6) is 0. The van der Waals surface area contributed by atoms with Gasteiger partial charge in [-0.2, -0.15) is 0 Å². The molecule has 0 radical (unpaired) electrons. The van der Waals surface area contributed by atoms with Crippen LogP contribution in [0.15, 0.2) is 22.9 Å². The minimum Gasteiger partial charge on any atom is -0.598 e. The SMILES string of the molecule is CC(C)(C)Cn1cc(C(N[S@@+]([O-])C(C)(C)C)C(F)F)c2ccc(Br)nc21. The topological polar surface area (TPSA) is 52.9 Å². The number of pyridine rings is 1. The van der Waals surface area contributed by atoms with Crippen molar-refractivity contribution in [2.75, 3.05) is 0 Å². The lowest BCUT2D eigenvalue weighted by Gasteiger charge is -2.27. The maximum atomic E-state index is 13.9. The van der Waals surface area contributed by atoms with Gasteiger partial charge in [0.1, 0.15) is 21.0 Å². The largest absolute Gasteiger partial charge is 0.598 e. The molecule has 0 aliphatic rings. The van der Waals surface area contributed by atoms with Crippen LogP contribution in [0.25, 0.3) is 11.0 Å². The second-order valence-corrected chi connectivity index (χ2v) is 11.4. The van der Waals surface area contributed by atoms with Crippen molar-refractivity contribution in [3.63, 3.8) is 0 Å². The highest BCUT2D eigenvalue weighted by molar-refractivity contribution is 9.10. The first kappa shape index (κ1) is 21.6. The van der Waals surface area contributed by atoms with Gasteiger partial charge in [0.25, 0.3) is 6.43 Å². The summed E-state index contributed by atoms with van der Waals surface area (Å²) in [4.78, 5) is 4.48. The van der Waals surface area contributed by atoms with Crippen LogP contribution in [0, 0.1) is 5.41 Å². The normalized spacial score (nSPS) is 15.7. The van der Waals surface area contributed by atoms with Crippen molar-refractivity contribution in [2.45, 2.75) is 65.3 Å². The molecule has 26 heavy (non-hydrogen) atoms. The van der Waals surface area contributed by atoms with E-state index in [-0.39, 0.29) is 5.41 Å². The zero-order valence-corrected chi connectivity index (χ0v) is 18.3. The van der Waals surface area contributed by atoms with E-state index in [0.717, 1.165) is 0 Å². The van der Waals surface area contributed by atoms with Crippen LogP contribution in [0.1, 0.15) is 53.1 Å². The summed E-state index contributed by atoms with van der Waals surface area (Å²) in [6.45, 7) is 12.1. The average Bonchev–Trinajstić information content (AvgIpc) is 2.79. The highest BCUT2D eigenvalue weighted by Gasteiger charge is 2.36. The minimum atomic E-state index is -2.70. The van der Waals surface area contributed by atoms with E-state index in [1.165, 1.54) is 0 Å². The standard InChI is InChI=1S/C18H26BrF2N3OS/c1-17(2,3)10-24-9-12(11-7-8-13(19)22-16(11)24)14(15(20)21)23-26(25)18(4,5)6/h7-9,14-15,23H,10H2,1-6H3/t14?,26-/m0/s1. The lowest BCUT2D eigenvalue weighted by atomic mass is 9.97. The fraction of sp³-hybridized carbons (Fsp3) is 0.611. The van der Waals surface area contributed by atoms with Gasteiger partial charge < -0.3 is 9.12 Å². The Bertz CT molecular complexity index is 768. The van der Waals surface area contributed by atoms with Crippen molar-refractivity contribution in [1.82, 2.24) is 14.3 Å². The first-order valence-electron chi connectivity index (χ1n) is 8.41. The average molecular weight is 450 g/mol. The van der Waals surface area contributed by atoms with Gasteiger partial charge in [0.2, 0.25) is 0 Å². The van der Waals surface area contributed by atoms with Gasteiger partial charge in [0.05, 0.1) is 0 Å². The zero-order chi connectivity index (χ0) is 19.9. The van der Waals surface area contributed by atoms with Crippen molar-refractivity contribution in [1.29, 1.82) is 0 Å². The maximum absolute atomic E-state index is 13.9. The quantitative estimate of drug-likeness (QED) is 0.503. The molecule has 2 heterocycles. The first-order valence-corrected chi connectivity index (χ1v) is 10.4. The van der Waals surface area contributed by atoms with Crippen LogP contribution >= 0.6 is 15.9 Å². The lowest BCUT2D eigenvalue weighted by Crippen LogP contribution is -2.43. The zero-order valence-electron chi connectivity index (χ0n) is 15.9. The van der Waals surface area contributed by atoms with E-state index in [0.29, 0.717) is 27.7 Å². The van der Waals surface area contributed by atoms with Gasteiger partial charge in [-0.05, 0) is 54.2 Å². The van der Waals surface area contributed by atoms with Crippen molar-refractivity contribution >= 4 is 38.3 Å². The molecule has 0 aliphatic heterocycles. The number of hydrogen-bond acceptors (Lipinski definition) is 3. The molecule has 0 aromatic carbocycles. The predicted molar refractivity (Wildman–Crippen MR) is 107 cm³/mol. The second-order valence-electron chi connectivity index (χ2n) is 8.59. The Morgan fingerprint density at radius 2 is 1.85 bits per heavy atom. The van der Waals surface area contributed by atoms with Crippen LogP contribution in [-0.2, 0) is 17.9 Å².